The van der Waals surface area contributed by atoms with E-state index in [1.165, 1.54) is 12.1 Å². The Morgan fingerprint density at radius 3 is 2.54 bits per heavy atom. The van der Waals surface area contributed by atoms with Gasteiger partial charge in [0, 0.05) is 37.1 Å². The van der Waals surface area contributed by atoms with Gasteiger partial charge in [-0.3, -0.25) is 4.55 Å². The molecule has 26 heavy (non-hydrogen) atoms. The van der Waals surface area contributed by atoms with Crippen molar-refractivity contribution in [1.29, 1.82) is 0 Å². The fraction of sp³-hybridized carbons (Fsp3) is 0.222. The van der Waals surface area contributed by atoms with Crippen LogP contribution in [0.1, 0.15) is 0 Å². The first-order valence-electron chi connectivity index (χ1n) is 8.19. The number of nitrogens with zero attached hydrogens (tertiary/aromatic N) is 1. The van der Waals surface area contributed by atoms with Crippen molar-refractivity contribution in [2.24, 2.45) is 0 Å². The third-order valence-electron chi connectivity index (χ3n) is 4.47. The third kappa shape index (κ3) is 3.19. The van der Waals surface area contributed by atoms with Crippen molar-refractivity contribution in [3.8, 4) is 11.3 Å². The second kappa shape index (κ2) is 6.59. The monoisotopic (exact) mass is 392 g/mol. The van der Waals surface area contributed by atoms with Gasteiger partial charge in [0.25, 0.3) is 10.1 Å². The van der Waals surface area contributed by atoms with Crippen molar-refractivity contribution in [1.82, 2.24) is 5.32 Å². The highest BCUT2D eigenvalue weighted by atomic mass is 35.5. The summed E-state index contributed by atoms with van der Waals surface area (Å²) in [7, 11) is -4.33. The van der Waals surface area contributed by atoms with Crippen LogP contribution >= 0.6 is 11.6 Å². The summed E-state index contributed by atoms with van der Waals surface area (Å²) >= 11 is 6.26. The van der Waals surface area contributed by atoms with Gasteiger partial charge >= 0.3 is 0 Å². The molecule has 0 radical (unpaired) electrons. The highest BCUT2D eigenvalue weighted by molar-refractivity contribution is 7.85. The van der Waals surface area contributed by atoms with Crippen molar-refractivity contribution in [2.75, 3.05) is 31.1 Å². The number of nitrogens with one attached hydrogen (secondary N) is 1. The molecule has 6 nitrogen and oxygen atoms in total. The van der Waals surface area contributed by atoms with Gasteiger partial charge in [-0.05, 0) is 30.3 Å². The van der Waals surface area contributed by atoms with Gasteiger partial charge < -0.3 is 14.6 Å². The minimum atomic E-state index is -4.33. The van der Waals surface area contributed by atoms with E-state index in [1.54, 1.807) is 12.1 Å². The fourth-order valence-electron chi connectivity index (χ4n) is 3.19. The normalized spacial score (nSPS) is 15.5. The molecule has 1 aromatic heterocycles. The van der Waals surface area contributed by atoms with Gasteiger partial charge in [-0.15, -0.1) is 0 Å². The summed E-state index contributed by atoms with van der Waals surface area (Å²) in [6.45, 7) is 3.00. The van der Waals surface area contributed by atoms with Gasteiger partial charge in [0.1, 0.15) is 5.76 Å². The van der Waals surface area contributed by atoms with Crippen LogP contribution in [0.15, 0.2) is 51.8 Å². The van der Waals surface area contributed by atoms with Crippen LogP contribution in [0.3, 0.4) is 0 Å². The predicted octanol–water partition coefficient (Wildman–Crippen LogP) is 3.41. The van der Waals surface area contributed by atoms with Gasteiger partial charge in [-0.1, -0.05) is 23.7 Å². The highest BCUT2D eigenvalue weighted by Gasteiger charge is 2.22. The lowest BCUT2D eigenvalue weighted by Crippen LogP contribution is -2.43. The van der Waals surface area contributed by atoms with Gasteiger partial charge in [-0.25, -0.2) is 0 Å². The van der Waals surface area contributed by atoms with Crippen molar-refractivity contribution in [3.05, 3.63) is 47.5 Å². The number of anilines is 1. The number of furan rings is 1. The number of hydrogen-bond acceptors (Lipinski definition) is 5. The number of piperazine rings is 1. The van der Waals surface area contributed by atoms with E-state index >= 15 is 0 Å². The molecule has 136 valence electrons. The second-order valence-electron chi connectivity index (χ2n) is 6.16. The summed E-state index contributed by atoms with van der Waals surface area (Å²) in [5.41, 5.74) is 1.95. The third-order valence-corrected chi connectivity index (χ3v) is 5.63. The molecule has 1 aliphatic rings. The lowest BCUT2D eigenvalue weighted by molar-refractivity contribution is 0.483. The lowest BCUT2D eigenvalue weighted by atomic mass is 10.1. The summed E-state index contributed by atoms with van der Waals surface area (Å²) in [6, 6.07) is 11.9. The first-order chi connectivity index (χ1) is 12.4. The molecule has 1 aliphatic heterocycles. The molecular weight excluding hydrogens is 376 g/mol. The first-order valence-corrected chi connectivity index (χ1v) is 10.0. The van der Waals surface area contributed by atoms with Crippen LogP contribution in [-0.2, 0) is 10.1 Å². The number of benzene rings is 2. The van der Waals surface area contributed by atoms with Crippen molar-refractivity contribution in [3.63, 3.8) is 0 Å². The quantitative estimate of drug-likeness (QED) is 0.664. The molecule has 4 rings (SSSR count). The Hall–Kier alpha value is -2.06. The molecule has 0 spiro atoms. The minimum absolute atomic E-state index is 0.148. The molecule has 0 unspecified atom stereocenters. The van der Waals surface area contributed by atoms with Gasteiger partial charge in [0.05, 0.1) is 15.6 Å². The molecule has 8 heteroatoms. The molecule has 3 aromatic rings. The summed E-state index contributed by atoms with van der Waals surface area (Å²) < 4.78 is 39.0. The Labute approximate surface area is 156 Å². The Morgan fingerprint density at radius 2 is 1.85 bits per heavy atom. The first kappa shape index (κ1) is 17.4. The van der Waals surface area contributed by atoms with Crippen LogP contribution in [0.2, 0.25) is 5.02 Å². The molecule has 2 aromatic carbocycles. The summed E-state index contributed by atoms with van der Waals surface area (Å²) in [4.78, 5) is 1.90. The molecule has 0 bridgehead atoms. The average molecular weight is 393 g/mol. The Kier molecular flexibility index (Phi) is 4.40. The second-order valence-corrected chi connectivity index (χ2v) is 7.99. The van der Waals surface area contributed by atoms with Crippen LogP contribution < -0.4 is 10.2 Å². The molecule has 0 saturated carbocycles. The zero-order chi connectivity index (χ0) is 18.3. The van der Waals surface area contributed by atoms with E-state index in [4.69, 9.17) is 16.0 Å². The van der Waals surface area contributed by atoms with E-state index in [0.717, 1.165) is 18.7 Å². The number of halogens is 1. The predicted molar refractivity (Wildman–Crippen MR) is 102 cm³/mol. The van der Waals surface area contributed by atoms with E-state index < -0.39 is 10.1 Å². The molecule has 1 saturated heterocycles. The molecule has 0 atom stereocenters. The van der Waals surface area contributed by atoms with Crippen molar-refractivity contribution >= 4 is 38.4 Å². The van der Waals surface area contributed by atoms with E-state index in [2.05, 4.69) is 5.32 Å². The van der Waals surface area contributed by atoms with Gasteiger partial charge in [0.15, 0.2) is 5.58 Å². The molecule has 2 heterocycles. The van der Waals surface area contributed by atoms with Gasteiger partial charge in [-0.2, -0.15) is 8.42 Å². The van der Waals surface area contributed by atoms with E-state index in [-0.39, 0.29) is 4.90 Å². The zero-order valence-corrected chi connectivity index (χ0v) is 15.3. The van der Waals surface area contributed by atoms with E-state index in [1.807, 2.05) is 23.1 Å². The van der Waals surface area contributed by atoms with E-state index in [0.29, 0.717) is 40.5 Å². The topological polar surface area (TPSA) is 82.8 Å². The smallest absolute Gasteiger partial charge is 0.294 e. The van der Waals surface area contributed by atoms with Crippen LogP contribution in [0.5, 0.6) is 0 Å². The Bertz CT molecular complexity index is 1070. The maximum Gasteiger partial charge on any atom is 0.294 e. The SMILES string of the molecule is O=S(=O)(O)c1cc(N2CCNCC2)c2oc(-c3ccccc3Cl)cc2c1. The zero-order valence-electron chi connectivity index (χ0n) is 13.8. The summed E-state index contributed by atoms with van der Waals surface area (Å²) in [5, 5.41) is 4.41. The maximum absolute atomic E-state index is 11.7. The Morgan fingerprint density at radius 1 is 1.12 bits per heavy atom. The highest BCUT2D eigenvalue weighted by Crippen LogP contribution is 2.38. The number of fused-ring (bicyclic) bond motifs is 1. The number of hydrogen-bond donors (Lipinski definition) is 2. The summed E-state index contributed by atoms with van der Waals surface area (Å²) in [5.74, 6) is 0.550. The van der Waals surface area contributed by atoms with Crippen LogP contribution in [0, 0.1) is 0 Å². The number of rotatable bonds is 3. The molecule has 1 fully saturated rings. The Balaban J connectivity index is 1.94. The van der Waals surface area contributed by atoms with Gasteiger partial charge in [0.2, 0.25) is 0 Å². The summed E-state index contributed by atoms with van der Waals surface area (Å²) in [6.07, 6.45) is 0. The maximum atomic E-state index is 11.7. The molecule has 2 N–H and O–H groups in total. The fourth-order valence-corrected chi connectivity index (χ4v) is 3.96. The molecular formula is C18H17ClN2O4S. The molecule has 0 amide bonds. The van der Waals surface area contributed by atoms with Crippen molar-refractivity contribution in [2.45, 2.75) is 4.90 Å². The van der Waals surface area contributed by atoms with Crippen molar-refractivity contribution < 1.29 is 17.4 Å². The largest absolute Gasteiger partial charge is 0.454 e. The molecule has 0 aliphatic carbocycles. The minimum Gasteiger partial charge on any atom is -0.454 e. The average Bonchev–Trinajstić information content (AvgIpc) is 3.05. The lowest BCUT2D eigenvalue weighted by Gasteiger charge is -2.29. The standard InChI is InChI=1S/C18H17ClN2O4S/c19-15-4-2-1-3-14(15)17-10-12-9-13(26(22,23)24)11-16(18(12)25-17)21-7-5-20-6-8-21/h1-4,9-11,20H,5-8H2,(H,22,23,24). The van der Waals surface area contributed by atoms with Crippen LogP contribution in [-0.4, -0.2) is 39.1 Å². The van der Waals surface area contributed by atoms with Crippen LogP contribution in [0.4, 0.5) is 5.69 Å². The van der Waals surface area contributed by atoms with Crippen LogP contribution in [0.25, 0.3) is 22.3 Å². The van der Waals surface area contributed by atoms with E-state index in [9.17, 15) is 13.0 Å².